The number of amides is 2. The number of carbonyl (C=O) groups is 2. The number of nitrogens with zero attached hydrogens (tertiary/aromatic N) is 1. The lowest BCUT2D eigenvalue weighted by atomic mass is 10.1. The number of primary amides is 1. The van der Waals surface area contributed by atoms with E-state index in [0.717, 1.165) is 0 Å². The second kappa shape index (κ2) is 4.84. The summed E-state index contributed by atoms with van der Waals surface area (Å²) in [5, 5.41) is 0. The maximum Gasteiger partial charge on any atom is 0.237 e. The lowest BCUT2D eigenvalue weighted by Crippen LogP contribution is -2.44. The van der Waals surface area contributed by atoms with Gasteiger partial charge in [0.1, 0.15) is 0 Å². The SMILES string of the molecule is CC(C)C(=O)N(CC(N)=O)C(C)C. The van der Waals surface area contributed by atoms with Crippen molar-refractivity contribution < 1.29 is 9.59 Å². The van der Waals surface area contributed by atoms with E-state index in [9.17, 15) is 9.59 Å². The first kappa shape index (κ1) is 11.9. The second-order valence-electron chi connectivity index (χ2n) is 3.68. The van der Waals surface area contributed by atoms with E-state index in [1.807, 2.05) is 13.8 Å². The molecule has 0 aromatic heterocycles. The zero-order chi connectivity index (χ0) is 10.6. The summed E-state index contributed by atoms with van der Waals surface area (Å²) in [6.45, 7) is 7.35. The fourth-order valence-electron chi connectivity index (χ4n) is 1.01. The van der Waals surface area contributed by atoms with Crippen molar-refractivity contribution >= 4 is 11.8 Å². The van der Waals surface area contributed by atoms with Gasteiger partial charge in [0.15, 0.2) is 0 Å². The van der Waals surface area contributed by atoms with Crippen LogP contribution in [-0.4, -0.2) is 29.3 Å². The molecule has 0 aliphatic carbocycles. The first-order valence-corrected chi connectivity index (χ1v) is 4.45. The van der Waals surface area contributed by atoms with Crippen LogP contribution in [0.2, 0.25) is 0 Å². The normalized spacial score (nSPS) is 10.6. The molecule has 0 rings (SSSR count). The fourth-order valence-corrected chi connectivity index (χ4v) is 1.01. The lowest BCUT2D eigenvalue weighted by molar-refractivity contribution is -0.139. The molecule has 0 heterocycles. The molecule has 0 bridgehead atoms. The van der Waals surface area contributed by atoms with Gasteiger partial charge in [0, 0.05) is 12.0 Å². The minimum absolute atomic E-state index is 0.00861. The van der Waals surface area contributed by atoms with Gasteiger partial charge in [0.25, 0.3) is 0 Å². The molecule has 0 saturated heterocycles. The zero-order valence-corrected chi connectivity index (χ0v) is 8.70. The summed E-state index contributed by atoms with van der Waals surface area (Å²) in [5.74, 6) is -0.599. The molecule has 76 valence electrons. The van der Waals surface area contributed by atoms with E-state index in [1.165, 1.54) is 4.90 Å². The van der Waals surface area contributed by atoms with Crippen molar-refractivity contribution in [1.29, 1.82) is 0 Å². The molecule has 2 N–H and O–H groups in total. The van der Waals surface area contributed by atoms with Gasteiger partial charge >= 0.3 is 0 Å². The fraction of sp³-hybridized carbons (Fsp3) is 0.778. The smallest absolute Gasteiger partial charge is 0.237 e. The minimum atomic E-state index is -0.470. The molecule has 13 heavy (non-hydrogen) atoms. The van der Waals surface area contributed by atoms with E-state index in [4.69, 9.17) is 5.73 Å². The van der Waals surface area contributed by atoms with Crippen molar-refractivity contribution in [2.24, 2.45) is 11.7 Å². The van der Waals surface area contributed by atoms with Crippen molar-refractivity contribution in [1.82, 2.24) is 4.90 Å². The highest BCUT2D eigenvalue weighted by atomic mass is 16.2. The van der Waals surface area contributed by atoms with Crippen molar-refractivity contribution in [2.75, 3.05) is 6.54 Å². The Morgan fingerprint density at radius 2 is 1.69 bits per heavy atom. The Labute approximate surface area is 79.1 Å². The predicted molar refractivity (Wildman–Crippen MR) is 50.9 cm³/mol. The highest BCUT2D eigenvalue weighted by Crippen LogP contribution is 2.05. The van der Waals surface area contributed by atoms with Crippen molar-refractivity contribution in [3.05, 3.63) is 0 Å². The predicted octanol–water partition coefficient (Wildman–Crippen LogP) is 0.365. The lowest BCUT2D eigenvalue weighted by Gasteiger charge is -2.26. The zero-order valence-electron chi connectivity index (χ0n) is 8.70. The Bertz CT molecular complexity index is 200. The van der Waals surface area contributed by atoms with E-state index in [1.54, 1.807) is 13.8 Å². The second-order valence-corrected chi connectivity index (χ2v) is 3.68. The molecule has 0 radical (unpaired) electrons. The highest BCUT2D eigenvalue weighted by Gasteiger charge is 2.20. The molecule has 0 saturated carbocycles. The van der Waals surface area contributed by atoms with E-state index in [0.29, 0.717) is 0 Å². The van der Waals surface area contributed by atoms with Crippen molar-refractivity contribution in [3.8, 4) is 0 Å². The summed E-state index contributed by atoms with van der Waals surface area (Å²) in [6.07, 6.45) is 0. The standard InChI is InChI=1S/C9H18N2O2/c1-6(2)9(13)11(7(3)4)5-8(10)12/h6-7H,5H2,1-4H3,(H2,10,12). The number of hydrogen-bond acceptors (Lipinski definition) is 2. The average molecular weight is 186 g/mol. The maximum absolute atomic E-state index is 11.5. The Morgan fingerprint density at radius 3 is 1.92 bits per heavy atom. The van der Waals surface area contributed by atoms with Gasteiger partial charge in [0.2, 0.25) is 11.8 Å². The van der Waals surface area contributed by atoms with Gasteiger partial charge in [-0.05, 0) is 13.8 Å². The summed E-state index contributed by atoms with van der Waals surface area (Å²) in [7, 11) is 0. The molecule has 0 aromatic rings. The molecule has 0 spiro atoms. The summed E-state index contributed by atoms with van der Waals surface area (Å²) < 4.78 is 0. The van der Waals surface area contributed by atoms with Crippen LogP contribution in [0.25, 0.3) is 0 Å². The maximum atomic E-state index is 11.5. The van der Waals surface area contributed by atoms with Gasteiger partial charge in [-0.2, -0.15) is 0 Å². The summed E-state index contributed by atoms with van der Waals surface area (Å²) >= 11 is 0. The third kappa shape index (κ3) is 3.92. The Kier molecular flexibility index (Phi) is 4.45. The van der Waals surface area contributed by atoms with Crippen LogP contribution in [0.15, 0.2) is 0 Å². The van der Waals surface area contributed by atoms with Crippen molar-refractivity contribution in [3.63, 3.8) is 0 Å². The van der Waals surface area contributed by atoms with Crippen LogP contribution in [0, 0.1) is 5.92 Å². The summed E-state index contributed by atoms with van der Waals surface area (Å²) in [5.41, 5.74) is 5.04. The number of nitrogens with two attached hydrogens (primary N) is 1. The third-order valence-corrected chi connectivity index (χ3v) is 1.73. The number of hydrogen-bond donors (Lipinski definition) is 1. The van der Waals surface area contributed by atoms with Crippen LogP contribution in [-0.2, 0) is 9.59 Å². The van der Waals surface area contributed by atoms with Crippen LogP contribution in [0.4, 0.5) is 0 Å². The van der Waals surface area contributed by atoms with E-state index < -0.39 is 5.91 Å². The minimum Gasteiger partial charge on any atom is -0.368 e. The molecule has 0 unspecified atom stereocenters. The molecular weight excluding hydrogens is 168 g/mol. The van der Waals surface area contributed by atoms with Crippen LogP contribution in [0.5, 0.6) is 0 Å². The molecular formula is C9H18N2O2. The van der Waals surface area contributed by atoms with Crippen LogP contribution >= 0.6 is 0 Å². The first-order valence-electron chi connectivity index (χ1n) is 4.45. The number of rotatable bonds is 4. The Hall–Kier alpha value is -1.06. The third-order valence-electron chi connectivity index (χ3n) is 1.73. The topological polar surface area (TPSA) is 63.4 Å². The van der Waals surface area contributed by atoms with Gasteiger partial charge in [-0.3, -0.25) is 9.59 Å². The van der Waals surface area contributed by atoms with Gasteiger partial charge in [-0.15, -0.1) is 0 Å². The van der Waals surface area contributed by atoms with E-state index >= 15 is 0 Å². The van der Waals surface area contributed by atoms with E-state index in [2.05, 4.69) is 0 Å². The monoisotopic (exact) mass is 186 g/mol. The van der Waals surface area contributed by atoms with Gasteiger partial charge < -0.3 is 10.6 Å². The van der Waals surface area contributed by atoms with Crippen molar-refractivity contribution in [2.45, 2.75) is 33.7 Å². The highest BCUT2D eigenvalue weighted by molar-refractivity contribution is 5.84. The molecule has 0 aromatic carbocycles. The van der Waals surface area contributed by atoms with E-state index in [-0.39, 0.29) is 24.4 Å². The van der Waals surface area contributed by atoms with Crippen LogP contribution in [0.1, 0.15) is 27.7 Å². The van der Waals surface area contributed by atoms with Gasteiger partial charge in [-0.1, -0.05) is 13.8 Å². The molecule has 0 fully saturated rings. The molecule has 2 amide bonds. The average Bonchev–Trinajstić information content (AvgIpc) is 1.97. The largest absolute Gasteiger partial charge is 0.368 e. The number of carbonyl (C=O) groups excluding carboxylic acids is 2. The van der Waals surface area contributed by atoms with Crippen LogP contribution in [0.3, 0.4) is 0 Å². The summed E-state index contributed by atoms with van der Waals surface area (Å²) in [4.78, 5) is 23.7. The van der Waals surface area contributed by atoms with Gasteiger partial charge in [-0.25, -0.2) is 0 Å². The quantitative estimate of drug-likeness (QED) is 0.689. The molecule has 0 aliphatic rings. The molecule has 0 atom stereocenters. The van der Waals surface area contributed by atoms with Crippen LogP contribution < -0.4 is 5.73 Å². The molecule has 0 aliphatic heterocycles. The first-order chi connectivity index (χ1) is 5.86. The summed E-state index contributed by atoms with van der Waals surface area (Å²) in [6, 6.07) is 0.0161. The van der Waals surface area contributed by atoms with Gasteiger partial charge in [0.05, 0.1) is 6.54 Å². The molecule has 4 heteroatoms. The Balaban J connectivity index is 4.42. The Morgan fingerprint density at radius 1 is 1.23 bits per heavy atom. The molecule has 4 nitrogen and oxygen atoms in total.